The fourth-order valence-electron chi connectivity index (χ4n) is 3.74. The van der Waals surface area contributed by atoms with E-state index >= 15 is 0 Å². The Morgan fingerprint density at radius 1 is 0.906 bits per heavy atom. The van der Waals surface area contributed by atoms with Crippen molar-refractivity contribution in [3.8, 4) is 0 Å². The number of amides is 1. The zero-order valence-electron chi connectivity index (χ0n) is 18.2. The van der Waals surface area contributed by atoms with Gasteiger partial charge < -0.3 is 14.6 Å². The van der Waals surface area contributed by atoms with E-state index in [4.69, 9.17) is 9.47 Å². The minimum absolute atomic E-state index is 0.0230. The first-order chi connectivity index (χ1) is 15.5. The Morgan fingerprint density at radius 2 is 1.44 bits per heavy atom. The third-order valence-corrected chi connectivity index (χ3v) is 5.47. The Balaban J connectivity index is 2.09. The van der Waals surface area contributed by atoms with Crippen LogP contribution in [0.15, 0.2) is 91.0 Å². The normalized spacial score (nSPS) is 13.5. The van der Waals surface area contributed by atoms with Gasteiger partial charge in [-0.15, -0.1) is 0 Å². The number of carbonyl (C=O) groups excluding carboxylic acids is 2. The maximum Gasteiger partial charge on any atom is 0.411 e. The lowest BCUT2D eigenvalue weighted by atomic mass is 9.87. The highest BCUT2D eigenvalue weighted by Crippen LogP contribution is 2.37. The number of methoxy groups -OCH3 is 1. The fraction of sp³-hybridized carbons (Fsp3) is 0.231. The topological polar surface area (TPSA) is 76.1 Å². The van der Waals surface area contributed by atoms with E-state index < -0.39 is 30.3 Å². The highest BCUT2D eigenvalue weighted by Gasteiger charge is 2.49. The molecule has 3 rings (SSSR count). The largest absolute Gasteiger partial charge is 0.467 e. The van der Waals surface area contributed by atoms with Crippen molar-refractivity contribution in [3.63, 3.8) is 0 Å². The quantitative estimate of drug-likeness (QED) is 0.531. The summed E-state index contributed by atoms with van der Waals surface area (Å²) in [6.07, 6.45) is -0.742. The van der Waals surface area contributed by atoms with Gasteiger partial charge in [-0.1, -0.05) is 91.0 Å². The molecule has 0 aliphatic rings. The molecule has 0 radical (unpaired) electrons. The summed E-state index contributed by atoms with van der Waals surface area (Å²) in [7, 11) is 1.27. The number of carbonyl (C=O) groups is 2. The van der Waals surface area contributed by atoms with E-state index in [1.54, 1.807) is 43.3 Å². The summed E-state index contributed by atoms with van der Waals surface area (Å²) < 4.78 is 10.7. The van der Waals surface area contributed by atoms with Crippen LogP contribution in [0.25, 0.3) is 0 Å². The number of hydrogen-bond acceptors (Lipinski definition) is 5. The van der Waals surface area contributed by atoms with Gasteiger partial charge in [0.15, 0.2) is 5.54 Å². The number of aliphatic hydroxyl groups is 1. The molecule has 3 aromatic rings. The first-order valence-electron chi connectivity index (χ1n) is 10.3. The van der Waals surface area contributed by atoms with Crippen LogP contribution in [0.4, 0.5) is 4.79 Å². The molecule has 0 aromatic heterocycles. The van der Waals surface area contributed by atoms with Crippen LogP contribution in [0.1, 0.15) is 29.7 Å². The van der Waals surface area contributed by atoms with Crippen molar-refractivity contribution < 1.29 is 24.2 Å². The zero-order chi connectivity index (χ0) is 23.0. The molecule has 1 amide bonds. The second-order valence-corrected chi connectivity index (χ2v) is 7.45. The molecule has 0 saturated carbocycles. The van der Waals surface area contributed by atoms with Gasteiger partial charge in [-0.2, -0.15) is 0 Å². The molecule has 32 heavy (non-hydrogen) atoms. The van der Waals surface area contributed by atoms with Gasteiger partial charge in [0.25, 0.3) is 0 Å². The number of esters is 1. The summed E-state index contributed by atoms with van der Waals surface area (Å²) in [4.78, 5) is 27.9. The zero-order valence-corrected chi connectivity index (χ0v) is 18.2. The second kappa shape index (κ2) is 10.6. The number of aliphatic hydroxyl groups excluding tert-OH is 1. The third-order valence-electron chi connectivity index (χ3n) is 5.47. The van der Waals surface area contributed by atoms with Crippen molar-refractivity contribution in [2.24, 2.45) is 0 Å². The van der Waals surface area contributed by atoms with Crippen LogP contribution in [-0.2, 0) is 26.4 Å². The van der Waals surface area contributed by atoms with Gasteiger partial charge in [0.05, 0.1) is 19.8 Å². The maximum atomic E-state index is 13.5. The Bertz CT molecular complexity index is 1010. The first-order valence-corrected chi connectivity index (χ1v) is 10.3. The molecule has 0 spiro atoms. The van der Waals surface area contributed by atoms with Gasteiger partial charge in [0.1, 0.15) is 6.61 Å². The molecule has 0 heterocycles. The van der Waals surface area contributed by atoms with E-state index in [0.29, 0.717) is 11.1 Å². The van der Waals surface area contributed by atoms with E-state index in [1.165, 1.54) is 12.0 Å². The predicted octanol–water partition coefficient (Wildman–Crippen LogP) is 4.45. The van der Waals surface area contributed by atoms with Crippen LogP contribution >= 0.6 is 0 Å². The van der Waals surface area contributed by atoms with Gasteiger partial charge in [0.2, 0.25) is 0 Å². The average molecular weight is 434 g/mol. The molecular weight excluding hydrogens is 406 g/mol. The second-order valence-electron chi connectivity index (χ2n) is 7.45. The maximum absolute atomic E-state index is 13.5. The van der Waals surface area contributed by atoms with Gasteiger partial charge in [0, 0.05) is 0 Å². The average Bonchev–Trinajstić information content (AvgIpc) is 2.86. The van der Waals surface area contributed by atoms with Crippen LogP contribution in [0, 0.1) is 0 Å². The van der Waals surface area contributed by atoms with E-state index in [2.05, 4.69) is 0 Å². The van der Waals surface area contributed by atoms with Crippen molar-refractivity contribution >= 4 is 12.1 Å². The van der Waals surface area contributed by atoms with Crippen LogP contribution in [-0.4, -0.2) is 35.8 Å². The standard InChI is InChI=1S/C26H27NO5/c1-26(24(29)31-2,22-16-10-5-11-17-22)27(23(18-28)21-14-8-4-9-15-21)25(30)32-19-20-12-6-3-7-13-20/h3-17,23,28H,18-19H2,1-2H3/t23-,26-/m0/s1. The third kappa shape index (κ3) is 4.81. The summed E-state index contributed by atoms with van der Waals surface area (Å²) >= 11 is 0. The summed E-state index contributed by atoms with van der Waals surface area (Å²) in [5.41, 5.74) is 0.462. The first kappa shape index (κ1) is 23.0. The minimum Gasteiger partial charge on any atom is -0.467 e. The summed E-state index contributed by atoms with van der Waals surface area (Å²) in [5.74, 6) is -0.644. The molecule has 0 unspecified atom stereocenters. The predicted molar refractivity (Wildman–Crippen MR) is 121 cm³/mol. The lowest BCUT2D eigenvalue weighted by Crippen LogP contribution is -2.55. The number of ether oxygens (including phenoxy) is 2. The Labute approximate surface area is 188 Å². The van der Waals surface area contributed by atoms with Crippen LogP contribution in [0.3, 0.4) is 0 Å². The molecule has 0 bridgehead atoms. The highest BCUT2D eigenvalue weighted by atomic mass is 16.6. The molecule has 3 aromatic carbocycles. The van der Waals surface area contributed by atoms with Gasteiger partial charge >= 0.3 is 12.1 Å². The lowest BCUT2D eigenvalue weighted by molar-refractivity contribution is -0.156. The monoisotopic (exact) mass is 433 g/mol. The SMILES string of the molecule is COC(=O)[C@](C)(c1ccccc1)N(C(=O)OCc1ccccc1)[C@@H](CO)c1ccccc1. The molecule has 6 nitrogen and oxygen atoms in total. The molecule has 6 heteroatoms. The molecule has 0 saturated heterocycles. The van der Waals surface area contributed by atoms with Crippen molar-refractivity contribution in [1.82, 2.24) is 4.90 Å². The summed E-state index contributed by atoms with van der Waals surface area (Å²) in [6.45, 7) is 1.21. The molecule has 166 valence electrons. The van der Waals surface area contributed by atoms with Crippen molar-refractivity contribution in [3.05, 3.63) is 108 Å². The van der Waals surface area contributed by atoms with E-state index in [9.17, 15) is 14.7 Å². The van der Waals surface area contributed by atoms with Crippen LogP contribution in [0.5, 0.6) is 0 Å². The number of benzene rings is 3. The van der Waals surface area contributed by atoms with Crippen molar-refractivity contribution in [2.75, 3.05) is 13.7 Å². The summed E-state index contributed by atoms with van der Waals surface area (Å²) in [6, 6.07) is 26.3. The molecular formula is C26H27NO5. The fourth-order valence-corrected chi connectivity index (χ4v) is 3.74. The van der Waals surface area contributed by atoms with E-state index in [1.807, 2.05) is 54.6 Å². The molecule has 2 atom stereocenters. The number of rotatable bonds is 8. The Kier molecular flexibility index (Phi) is 7.63. The minimum atomic E-state index is -1.55. The highest BCUT2D eigenvalue weighted by molar-refractivity contribution is 5.87. The van der Waals surface area contributed by atoms with E-state index in [0.717, 1.165) is 5.56 Å². The van der Waals surface area contributed by atoms with Gasteiger partial charge in [-0.3, -0.25) is 4.90 Å². The number of hydrogen-bond donors (Lipinski definition) is 1. The van der Waals surface area contributed by atoms with Crippen molar-refractivity contribution in [1.29, 1.82) is 0 Å². The van der Waals surface area contributed by atoms with Gasteiger partial charge in [-0.25, -0.2) is 9.59 Å². The molecule has 0 aliphatic carbocycles. The van der Waals surface area contributed by atoms with Gasteiger partial charge in [-0.05, 0) is 23.6 Å². The number of nitrogens with zero attached hydrogens (tertiary/aromatic N) is 1. The molecule has 1 N–H and O–H groups in total. The summed E-state index contributed by atoms with van der Waals surface area (Å²) in [5, 5.41) is 10.3. The van der Waals surface area contributed by atoms with E-state index in [-0.39, 0.29) is 6.61 Å². The molecule has 0 fully saturated rings. The lowest BCUT2D eigenvalue weighted by Gasteiger charge is -2.42. The van der Waals surface area contributed by atoms with Crippen molar-refractivity contribution in [2.45, 2.75) is 25.1 Å². The van der Waals surface area contributed by atoms with Crippen LogP contribution < -0.4 is 0 Å². The smallest absolute Gasteiger partial charge is 0.411 e. The molecule has 0 aliphatic heterocycles. The van der Waals surface area contributed by atoms with Crippen LogP contribution in [0.2, 0.25) is 0 Å². The Morgan fingerprint density at radius 3 is 1.97 bits per heavy atom. The Hall–Kier alpha value is -3.64.